The van der Waals surface area contributed by atoms with Gasteiger partial charge in [-0.1, -0.05) is 0 Å². The first-order valence-corrected chi connectivity index (χ1v) is 6.95. The van der Waals surface area contributed by atoms with Gasteiger partial charge in [0.25, 0.3) is 0 Å². The predicted octanol–water partition coefficient (Wildman–Crippen LogP) is 2.21. The van der Waals surface area contributed by atoms with Gasteiger partial charge in [0.1, 0.15) is 18.2 Å². The lowest BCUT2D eigenvalue weighted by Crippen LogP contribution is -2.25. The summed E-state index contributed by atoms with van der Waals surface area (Å²) in [7, 11) is 0. The first kappa shape index (κ1) is 13.4. The number of nitrogens with one attached hydrogen (secondary N) is 1. The van der Waals surface area contributed by atoms with Crippen LogP contribution in [0.3, 0.4) is 0 Å². The molecule has 0 amide bonds. The number of ether oxygens (including phenoxy) is 1. The van der Waals surface area contributed by atoms with E-state index in [1.807, 2.05) is 12.1 Å². The van der Waals surface area contributed by atoms with Crippen LogP contribution >= 0.6 is 15.9 Å². The van der Waals surface area contributed by atoms with Gasteiger partial charge in [-0.25, -0.2) is 0 Å². The SMILES string of the molecule is N=C(N)c1ccc(OCCN2CCCC2)c(Br)c1. The highest BCUT2D eigenvalue weighted by Gasteiger charge is 2.11. The van der Waals surface area contributed by atoms with Gasteiger partial charge in [-0.05, 0) is 60.1 Å². The fourth-order valence-electron chi connectivity index (χ4n) is 2.08. The summed E-state index contributed by atoms with van der Waals surface area (Å²) >= 11 is 3.44. The minimum absolute atomic E-state index is 0.0688. The maximum absolute atomic E-state index is 7.36. The number of nitrogen functional groups attached to an aromatic ring is 1. The van der Waals surface area contributed by atoms with Gasteiger partial charge in [0.2, 0.25) is 0 Å². The third-order valence-corrected chi connectivity index (χ3v) is 3.73. The van der Waals surface area contributed by atoms with Crippen molar-refractivity contribution in [2.75, 3.05) is 26.2 Å². The normalized spacial score (nSPS) is 15.8. The molecule has 0 aromatic heterocycles. The zero-order chi connectivity index (χ0) is 13.0. The monoisotopic (exact) mass is 311 g/mol. The highest BCUT2D eigenvalue weighted by Crippen LogP contribution is 2.25. The van der Waals surface area contributed by atoms with Gasteiger partial charge in [0.05, 0.1) is 4.47 Å². The van der Waals surface area contributed by atoms with Gasteiger partial charge in [-0.2, -0.15) is 0 Å². The Kier molecular flexibility index (Phi) is 4.60. The molecule has 0 spiro atoms. The zero-order valence-corrected chi connectivity index (χ0v) is 11.9. The smallest absolute Gasteiger partial charge is 0.133 e. The summed E-state index contributed by atoms with van der Waals surface area (Å²) in [4.78, 5) is 2.41. The van der Waals surface area contributed by atoms with E-state index in [4.69, 9.17) is 15.9 Å². The van der Waals surface area contributed by atoms with Crippen LogP contribution in [0.2, 0.25) is 0 Å². The van der Waals surface area contributed by atoms with E-state index in [0.29, 0.717) is 12.2 Å². The van der Waals surface area contributed by atoms with E-state index in [2.05, 4.69) is 20.8 Å². The minimum atomic E-state index is 0.0688. The standard InChI is InChI=1S/C13H18BrN3O/c14-11-9-10(13(15)16)3-4-12(11)18-8-7-17-5-1-2-6-17/h3-4,9H,1-2,5-8H2,(H3,15,16). The Hall–Kier alpha value is -1.07. The molecule has 0 unspecified atom stereocenters. The molecule has 1 aromatic carbocycles. The molecule has 98 valence electrons. The molecule has 4 nitrogen and oxygen atoms in total. The van der Waals surface area contributed by atoms with Crippen molar-refractivity contribution in [3.63, 3.8) is 0 Å². The average molecular weight is 312 g/mol. The van der Waals surface area contributed by atoms with Gasteiger partial charge in [0, 0.05) is 12.1 Å². The molecule has 0 atom stereocenters. The summed E-state index contributed by atoms with van der Waals surface area (Å²) in [5, 5.41) is 7.36. The van der Waals surface area contributed by atoms with Crippen LogP contribution in [0.5, 0.6) is 5.75 Å². The Bertz CT molecular complexity index is 430. The van der Waals surface area contributed by atoms with Crippen molar-refractivity contribution in [3.8, 4) is 5.75 Å². The van der Waals surface area contributed by atoms with Crippen molar-refractivity contribution in [2.45, 2.75) is 12.8 Å². The summed E-state index contributed by atoms with van der Waals surface area (Å²) in [6, 6.07) is 5.47. The number of likely N-dealkylation sites (tertiary alicyclic amines) is 1. The third-order valence-electron chi connectivity index (χ3n) is 3.11. The molecule has 0 aliphatic carbocycles. The minimum Gasteiger partial charge on any atom is -0.491 e. The lowest BCUT2D eigenvalue weighted by atomic mass is 10.2. The van der Waals surface area contributed by atoms with Gasteiger partial charge < -0.3 is 10.5 Å². The van der Waals surface area contributed by atoms with Crippen molar-refractivity contribution >= 4 is 21.8 Å². The van der Waals surface area contributed by atoms with E-state index in [-0.39, 0.29) is 5.84 Å². The van der Waals surface area contributed by atoms with Crippen molar-refractivity contribution < 1.29 is 4.74 Å². The number of hydrogen-bond acceptors (Lipinski definition) is 3. The molecule has 5 heteroatoms. The molecule has 3 N–H and O–H groups in total. The Morgan fingerprint density at radius 3 is 2.72 bits per heavy atom. The molecule has 2 rings (SSSR count). The molecule has 1 saturated heterocycles. The number of halogens is 1. The van der Waals surface area contributed by atoms with Gasteiger partial charge in [0.15, 0.2) is 0 Å². The number of amidine groups is 1. The Balaban J connectivity index is 1.87. The molecule has 1 heterocycles. The van der Waals surface area contributed by atoms with Crippen LogP contribution < -0.4 is 10.5 Å². The predicted molar refractivity (Wildman–Crippen MR) is 76.3 cm³/mol. The van der Waals surface area contributed by atoms with Crippen molar-refractivity contribution in [2.24, 2.45) is 5.73 Å². The highest BCUT2D eigenvalue weighted by molar-refractivity contribution is 9.10. The van der Waals surface area contributed by atoms with E-state index in [0.717, 1.165) is 16.8 Å². The maximum Gasteiger partial charge on any atom is 0.133 e. The second-order valence-electron chi connectivity index (χ2n) is 4.46. The van der Waals surface area contributed by atoms with Crippen molar-refractivity contribution in [1.29, 1.82) is 5.41 Å². The second kappa shape index (κ2) is 6.20. The number of benzene rings is 1. The van der Waals surface area contributed by atoms with Crippen LogP contribution in [0, 0.1) is 5.41 Å². The van der Waals surface area contributed by atoms with Crippen LogP contribution in [0.25, 0.3) is 0 Å². The fourth-order valence-corrected chi connectivity index (χ4v) is 2.57. The highest BCUT2D eigenvalue weighted by atomic mass is 79.9. The topological polar surface area (TPSA) is 62.3 Å². The number of nitrogens with zero attached hydrogens (tertiary/aromatic N) is 1. The van der Waals surface area contributed by atoms with Gasteiger partial charge in [-0.3, -0.25) is 10.3 Å². The summed E-state index contributed by atoms with van der Waals surface area (Å²) in [6.45, 7) is 4.04. The second-order valence-corrected chi connectivity index (χ2v) is 5.31. The van der Waals surface area contributed by atoms with Crippen LogP contribution in [-0.4, -0.2) is 37.0 Å². The quantitative estimate of drug-likeness (QED) is 0.647. The summed E-state index contributed by atoms with van der Waals surface area (Å²) in [5.41, 5.74) is 6.13. The lowest BCUT2D eigenvalue weighted by Gasteiger charge is -2.15. The largest absolute Gasteiger partial charge is 0.491 e. The molecule has 0 saturated carbocycles. The first-order valence-electron chi connectivity index (χ1n) is 6.16. The van der Waals surface area contributed by atoms with E-state index in [1.54, 1.807) is 6.07 Å². The van der Waals surface area contributed by atoms with Gasteiger partial charge in [-0.15, -0.1) is 0 Å². The summed E-state index contributed by atoms with van der Waals surface area (Å²) in [6.07, 6.45) is 2.61. The molecule has 0 radical (unpaired) electrons. The lowest BCUT2D eigenvalue weighted by molar-refractivity contribution is 0.237. The zero-order valence-electron chi connectivity index (χ0n) is 10.3. The number of hydrogen-bond donors (Lipinski definition) is 2. The average Bonchev–Trinajstić information content (AvgIpc) is 2.84. The molecular weight excluding hydrogens is 294 g/mol. The third kappa shape index (κ3) is 3.46. The molecular formula is C13H18BrN3O. The molecule has 1 fully saturated rings. The van der Waals surface area contributed by atoms with Crippen molar-refractivity contribution in [3.05, 3.63) is 28.2 Å². The summed E-state index contributed by atoms with van der Waals surface area (Å²) in [5.74, 6) is 0.874. The summed E-state index contributed by atoms with van der Waals surface area (Å²) < 4.78 is 6.58. The van der Waals surface area contributed by atoms with Crippen LogP contribution in [0.1, 0.15) is 18.4 Å². The maximum atomic E-state index is 7.36. The van der Waals surface area contributed by atoms with Crippen LogP contribution in [0.15, 0.2) is 22.7 Å². The van der Waals surface area contributed by atoms with E-state index in [1.165, 1.54) is 25.9 Å². The molecule has 1 aliphatic rings. The number of rotatable bonds is 5. The van der Waals surface area contributed by atoms with E-state index < -0.39 is 0 Å². The van der Waals surface area contributed by atoms with Crippen molar-refractivity contribution in [1.82, 2.24) is 4.90 Å². The molecule has 0 bridgehead atoms. The van der Waals surface area contributed by atoms with Crippen LogP contribution in [0.4, 0.5) is 0 Å². The Morgan fingerprint density at radius 1 is 1.39 bits per heavy atom. The van der Waals surface area contributed by atoms with E-state index >= 15 is 0 Å². The molecule has 1 aromatic rings. The fraction of sp³-hybridized carbons (Fsp3) is 0.462. The van der Waals surface area contributed by atoms with Gasteiger partial charge >= 0.3 is 0 Å². The molecule has 18 heavy (non-hydrogen) atoms. The Labute approximate surface area is 116 Å². The van der Waals surface area contributed by atoms with E-state index in [9.17, 15) is 0 Å². The van der Waals surface area contributed by atoms with Crippen LogP contribution in [-0.2, 0) is 0 Å². The Morgan fingerprint density at radius 2 is 2.11 bits per heavy atom. The first-order chi connectivity index (χ1) is 8.66. The number of nitrogens with two attached hydrogens (primary N) is 1. The molecule has 1 aliphatic heterocycles.